The summed E-state index contributed by atoms with van der Waals surface area (Å²) in [7, 11) is 1.58. The highest BCUT2D eigenvalue weighted by molar-refractivity contribution is 5.94. The van der Waals surface area contributed by atoms with Gasteiger partial charge in [0, 0.05) is 18.7 Å². The molecule has 36 heavy (non-hydrogen) atoms. The minimum Gasteiger partial charge on any atom is -0.497 e. The Morgan fingerprint density at radius 1 is 0.833 bits per heavy atom. The zero-order valence-corrected chi connectivity index (χ0v) is 20.8. The fourth-order valence-electron chi connectivity index (χ4n) is 4.50. The zero-order valence-electron chi connectivity index (χ0n) is 20.8. The third kappa shape index (κ3) is 5.15. The predicted molar refractivity (Wildman–Crippen MR) is 136 cm³/mol. The van der Waals surface area contributed by atoms with Crippen molar-refractivity contribution in [2.24, 2.45) is 5.92 Å². The Hall–Kier alpha value is -4.00. The lowest BCUT2D eigenvalue weighted by atomic mass is 9.87. The van der Waals surface area contributed by atoms with Gasteiger partial charge in [-0.3, -0.25) is 4.79 Å². The number of hydrogen-bond acceptors (Lipinski definition) is 5. The summed E-state index contributed by atoms with van der Waals surface area (Å²) in [5.41, 5.74) is 2.18. The molecule has 0 bridgehead atoms. The molecule has 1 heterocycles. The van der Waals surface area contributed by atoms with Crippen molar-refractivity contribution in [1.82, 2.24) is 4.90 Å². The van der Waals surface area contributed by atoms with Crippen LogP contribution in [-0.2, 0) is 4.79 Å². The van der Waals surface area contributed by atoms with Gasteiger partial charge in [-0.2, -0.15) is 0 Å². The van der Waals surface area contributed by atoms with E-state index in [4.69, 9.17) is 14.2 Å². The van der Waals surface area contributed by atoms with Crippen molar-refractivity contribution < 1.29 is 28.9 Å². The highest BCUT2D eigenvalue weighted by Crippen LogP contribution is 2.37. The molecule has 0 aliphatic carbocycles. The maximum absolute atomic E-state index is 13.1. The zero-order chi connectivity index (χ0) is 25.7. The molecule has 0 saturated carbocycles. The number of carbonyl (C=O) groups is 2. The number of piperidine rings is 1. The van der Waals surface area contributed by atoms with Crippen molar-refractivity contribution in [1.29, 1.82) is 0 Å². The quantitative estimate of drug-likeness (QED) is 0.443. The van der Waals surface area contributed by atoms with Gasteiger partial charge in [0.25, 0.3) is 5.91 Å². The minimum atomic E-state index is -1.95. The number of likely N-dealkylation sites (tertiary alicyclic amines) is 1. The molecule has 3 aromatic rings. The summed E-state index contributed by atoms with van der Waals surface area (Å²) in [6, 6.07) is 21.5. The van der Waals surface area contributed by atoms with Crippen LogP contribution in [0.5, 0.6) is 17.2 Å². The molecule has 0 spiro atoms. The van der Waals surface area contributed by atoms with Crippen LogP contribution in [0.3, 0.4) is 0 Å². The molecular formula is C29H31NO6. The van der Waals surface area contributed by atoms with Crippen molar-refractivity contribution in [3.8, 4) is 17.2 Å². The number of benzene rings is 3. The van der Waals surface area contributed by atoms with Gasteiger partial charge in [0.15, 0.2) is 0 Å². The average Bonchev–Trinajstić information content (AvgIpc) is 2.90. The van der Waals surface area contributed by atoms with Crippen molar-refractivity contribution in [2.75, 3.05) is 20.2 Å². The van der Waals surface area contributed by atoms with E-state index in [-0.39, 0.29) is 5.91 Å². The van der Waals surface area contributed by atoms with Gasteiger partial charge in [-0.1, -0.05) is 36.4 Å². The molecule has 1 aliphatic rings. The molecule has 7 nitrogen and oxygen atoms in total. The first-order chi connectivity index (χ1) is 17.3. The van der Waals surface area contributed by atoms with Crippen LogP contribution in [0.25, 0.3) is 0 Å². The second-order valence-corrected chi connectivity index (χ2v) is 9.00. The summed E-state index contributed by atoms with van der Waals surface area (Å²) in [6.07, 6.45) is 0.817. The Balaban J connectivity index is 1.61. The maximum atomic E-state index is 13.1. The van der Waals surface area contributed by atoms with Gasteiger partial charge in [0.2, 0.25) is 0 Å². The monoisotopic (exact) mass is 489 g/mol. The van der Waals surface area contributed by atoms with E-state index in [1.54, 1.807) is 60.5 Å². The van der Waals surface area contributed by atoms with Crippen molar-refractivity contribution >= 4 is 11.9 Å². The lowest BCUT2D eigenvalue weighted by Crippen LogP contribution is -2.59. The molecule has 1 fully saturated rings. The Bertz CT molecular complexity index is 1170. The number of amides is 1. The second kappa shape index (κ2) is 10.7. The molecular weight excluding hydrogens is 458 g/mol. The van der Waals surface area contributed by atoms with Gasteiger partial charge in [0.1, 0.15) is 17.2 Å². The molecule has 1 saturated heterocycles. The summed E-state index contributed by atoms with van der Waals surface area (Å²) in [4.78, 5) is 27.7. The van der Waals surface area contributed by atoms with Crippen LogP contribution < -0.4 is 14.2 Å². The highest BCUT2D eigenvalue weighted by Gasteiger charge is 2.53. The maximum Gasteiger partial charge on any atom is 0.390 e. The number of para-hydroxylation sites is 2. The van der Waals surface area contributed by atoms with Crippen molar-refractivity contribution in [3.63, 3.8) is 0 Å². The standard InChI is InChI=1S/C29H31NO6/c1-20-8-4-6-10-25(20)35-29(28(32)33,36-26-11-7-5-9-21(26)2)23-16-18-30(19-17-23)27(31)22-12-14-24(34-3)15-13-22/h4-15,23H,16-19H2,1-3H3,(H,32,33). The van der Waals surface area contributed by atoms with Crippen LogP contribution in [0.2, 0.25) is 0 Å². The molecule has 0 radical (unpaired) electrons. The number of hydrogen-bond donors (Lipinski definition) is 1. The number of aliphatic carboxylic acids is 1. The summed E-state index contributed by atoms with van der Waals surface area (Å²) in [5.74, 6) is -2.17. The molecule has 7 heteroatoms. The van der Waals surface area contributed by atoms with Gasteiger partial charge < -0.3 is 24.2 Å². The molecule has 0 unspecified atom stereocenters. The largest absolute Gasteiger partial charge is 0.497 e. The van der Waals surface area contributed by atoms with E-state index in [0.29, 0.717) is 48.7 Å². The SMILES string of the molecule is COc1ccc(C(=O)N2CCC(C(Oc3ccccc3C)(Oc3ccccc3C)C(=O)O)CC2)cc1. The predicted octanol–water partition coefficient (Wildman–Crippen LogP) is 5.10. The van der Waals surface area contributed by atoms with E-state index in [0.717, 1.165) is 11.1 Å². The fourth-order valence-corrected chi connectivity index (χ4v) is 4.50. The van der Waals surface area contributed by atoms with E-state index in [1.165, 1.54) is 0 Å². The molecule has 0 atom stereocenters. The number of methoxy groups -OCH3 is 1. The number of carboxylic acid groups (broad SMARTS) is 1. The molecule has 1 aliphatic heterocycles. The van der Waals surface area contributed by atoms with E-state index in [1.807, 2.05) is 38.1 Å². The number of carboxylic acids is 1. The second-order valence-electron chi connectivity index (χ2n) is 9.00. The lowest BCUT2D eigenvalue weighted by molar-refractivity contribution is -0.204. The van der Waals surface area contributed by atoms with Gasteiger partial charge in [-0.15, -0.1) is 0 Å². The van der Waals surface area contributed by atoms with Gasteiger partial charge in [-0.25, -0.2) is 4.79 Å². The number of rotatable bonds is 8. The third-order valence-corrected chi connectivity index (χ3v) is 6.67. The lowest BCUT2D eigenvalue weighted by Gasteiger charge is -2.41. The smallest absolute Gasteiger partial charge is 0.390 e. The van der Waals surface area contributed by atoms with Crippen LogP contribution in [0, 0.1) is 19.8 Å². The third-order valence-electron chi connectivity index (χ3n) is 6.67. The molecule has 1 amide bonds. The van der Waals surface area contributed by atoms with Crippen LogP contribution in [0.1, 0.15) is 34.3 Å². The Morgan fingerprint density at radius 2 is 1.33 bits per heavy atom. The number of aryl methyl sites for hydroxylation is 2. The molecule has 188 valence electrons. The van der Waals surface area contributed by atoms with Gasteiger partial charge in [-0.05, 0) is 74.2 Å². The fraction of sp³-hybridized carbons (Fsp3) is 0.310. The van der Waals surface area contributed by atoms with Crippen LogP contribution in [0.15, 0.2) is 72.8 Å². The Morgan fingerprint density at radius 3 is 1.78 bits per heavy atom. The first kappa shape index (κ1) is 25.1. The summed E-state index contributed by atoms with van der Waals surface area (Å²) in [5, 5.41) is 10.5. The summed E-state index contributed by atoms with van der Waals surface area (Å²) < 4.78 is 17.7. The molecule has 0 aromatic heterocycles. The summed E-state index contributed by atoms with van der Waals surface area (Å²) in [6.45, 7) is 4.51. The minimum absolute atomic E-state index is 0.100. The van der Waals surface area contributed by atoms with Crippen molar-refractivity contribution in [3.05, 3.63) is 89.5 Å². The van der Waals surface area contributed by atoms with Crippen LogP contribution >= 0.6 is 0 Å². The molecule has 4 rings (SSSR count). The first-order valence-corrected chi connectivity index (χ1v) is 12.0. The molecule has 1 N–H and O–H groups in total. The van der Waals surface area contributed by atoms with Crippen molar-refractivity contribution in [2.45, 2.75) is 32.5 Å². The normalized spacial score (nSPS) is 14.2. The van der Waals surface area contributed by atoms with E-state index in [9.17, 15) is 14.7 Å². The van der Waals surface area contributed by atoms with E-state index < -0.39 is 17.7 Å². The number of nitrogens with zero attached hydrogens (tertiary/aromatic N) is 1. The Labute approximate surface area is 211 Å². The van der Waals surface area contributed by atoms with Crippen LogP contribution in [0.4, 0.5) is 0 Å². The van der Waals surface area contributed by atoms with Gasteiger partial charge >= 0.3 is 11.8 Å². The number of carbonyl (C=O) groups excluding carboxylic acids is 1. The Kier molecular flexibility index (Phi) is 7.48. The average molecular weight is 490 g/mol. The first-order valence-electron chi connectivity index (χ1n) is 12.0. The highest BCUT2D eigenvalue weighted by atomic mass is 16.7. The van der Waals surface area contributed by atoms with E-state index >= 15 is 0 Å². The van der Waals surface area contributed by atoms with Gasteiger partial charge in [0.05, 0.1) is 13.0 Å². The topological polar surface area (TPSA) is 85.3 Å². The van der Waals surface area contributed by atoms with Crippen LogP contribution in [-0.4, -0.2) is 47.9 Å². The van der Waals surface area contributed by atoms with E-state index in [2.05, 4.69) is 0 Å². The summed E-state index contributed by atoms with van der Waals surface area (Å²) >= 11 is 0. The molecule has 3 aromatic carbocycles. The number of ether oxygens (including phenoxy) is 3.